The van der Waals surface area contributed by atoms with E-state index in [2.05, 4.69) is 58.5 Å². The zero-order valence-corrected chi connectivity index (χ0v) is 11.5. The molecule has 0 radical (unpaired) electrons. The first-order valence-electron chi connectivity index (χ1n) is 4.30. The molecule has 0 atom stereocenters. The Morgan fingerprint density at radius 3 is 2.93 bits per heavy atom. The van der Waals surface area contributed by atoms with Gasteiger partial charge in [0.1, 0.15) is 0 Å². The number of hydrogen-bond donors (Lipinski definition) is 1. The van der Waals surface area contributed by atoms with Gasteiger partial charge in [-0.3, -0.25) is 4.90 Å². The summed E-state index contributed by atoms with van der Waals surface area (Å²) in [5.41, 5.74) is 2.50. The van der Waals surface area contributed by atoms with Crippen molar-refractivity contribution < 1.29 is 0 Å². The van der Waals surface area contributed by atoms with Gasteiger partial charge in [-0.15, -0.1) is 11.3 Å². The van der Waals surface area contributed by atoms with E-state index in [0.717, 1.165) is 24.4 Å². The highest BCUT2D eigenvalue weighted by Crippen LogP contribution is 2.21. The van der Waals surface area contributed by atoms with E-state index in [4.69, 9.17) is 0 Å². The second kappa shape index (κ2) is 5.95. The van der Waals surface area contributed by atoms with Crippen LogP contribution in [0.3, 0.4) is 0 Å². The molecule has 0 saturated carbocycles. The van der Waals surface area contributed by atoms with Crippen LogP contribution in [0.5, 0.6) is 0 Å². The van der Waals surface area contributed by atoms with Gasteiger partial charge in [-0.2, -0.15) is 12.6 Å². The molecule has 1 nitrogen and oxygen atoms in total. The highest BCUT2D eigenvalue weighted by atomic mass is 79.9. The summed E-state index contributed by atoms with van der Waals surface area (Å²) in [6, 6.07) is 2.16. The molecule has 4 heteroatoms. The summed E-state index contributed by atoms with van der Waals surface area (Å²) in [6.07, 6.45) is 0. The van der Waals surface area contributed by atoms with Crippen LogP contribution in [-0.2, 0) is 6.54 Å². The van der Waals surface area contributed by atoms with Crippen molar-refractivity contribution in [1.29, 1.82) is 0 Å². The fourth-order valence-electron chi connectivity index (χ4n) is 1.23. The van der Waals surface area contributed by atoms with E-state index in [1.807, 2.05) is 0 Å². The summed E-state index contributed by atoms with van der Waals surface area (Å²) in [5, 5.41) is 2.17. The third-order valence-corrected chi connectivity index (χ3v) is 3.79. The maximum atomic E-state index is 4.19. The first kappa shape index (κ1) is 12.3. The van der Waals surface area contributed by atoms with E-state index in [0.29, 0.717) is 0 Å². The molecule has 0 bridgehead atoms. The average molecular weight is 292 g/mol. The number of thiol groups is 1. The summed E-state index contributed by atoms with van der Waals surface area (Å²) in [6.45, 7) is 5.82. The van der Waals surface area contributed by atoms with E-state index in [1.54, 1.807) is 11.3 Å². The van der Waals surface area contributed by atoms with E-state index in [1.165, 1.54) is 9.35 Å². The predicted molar refractivity (Wildman–Crippen MR) is 71.3 cm³/mol. The molecular formula is C10H14BrNS2. The largest absolute Gasteiger partial charge is 0.298 e. The number of likely N-dealkylation sites (N-methyl/N-ethyl adjacent to an activating group) is 1. The molecule has 0 amide bonds. The van der Waals surface area contributed by atoms with Crippen LogP contribution in [0.2, 0.25) is 0 Å². The molecule has 0 spiro atoms. The highest BCUT2D eigenvalue weighted by molar-refractivity contribution is 9.11. The van der Waals surface area contributed by atoms with Crippen LogP contribution < -0.4 is 0 Å². The number of rotatable bonds is 5. The molecule has 0 aromatic carbocycles. The van der Waals surface area contributed by atoms with Crippen molar-refractivity contribution in [3.63, 3.8) is 0 Å². The van der Waals surface area contributed by atoms with Crippen LogP contribution in [-0.4, -0.2) is 24.2 Å². The number of nitrogens with zero attached hydrogens (tertiary/aromatic N) is 1. The van der Waals surface area contributed by atoms with Crippen molar-refractivity contribution in [1.82, 2.24) is 4.90 Å². The minimum atomic E-state index is 0.762. The normalized spacial score (nSPS) is 10.9. The maximum Gasteiger partial charge on any atom is 0.0701 e. The van der Waals surface area contributed by atoms with Crippen molar-refractivity contribution in [2.45, 2.75) is 6.54 Å². The Labute approximate surface area is 103 Å². The molecule has 1 rings (SSSR count). The van der Waals surface area contributed by atoms with Crippen molar-refractivity contribution in [3.05, 3.63) is 32.9 Å². The number of thiophene rings is 1. The first-order chi connectivity index (χ1) is 6.61. The lowest BCUT2D eigenvalue weighted by Crippen LogP contribution is -2.20. The topological polar surface area (TPSA) is 3.24 Å². The third kappa shape index (κ3) is 4.17. The molecule has 0 aliphatic heterocycles. The van der Waals surface area contributed by atoms with E-state index >= 15 is 0 Å². The molecular weight excluding hydrogens is 278 g/mol. The van der Waals surface area contributed by atoms with Crippen molar-refractivity contribution in [2.24, 2.45) is 0 Å². The summed E-state index contributed by atoms with van der Waals surface area (Å²) in [5.74, 6) is 0.762. The maximum absolute atomic E-state index is 4.19. The van der Waals surface area contributed by atoms with Crippen molar-refractivity contribution in [3.8, 4) is 0 Å². The smallest absolute Gasteiger partial charge is 0.0701 e. The van der Waals surface area contributed by atoms with Crippen LogP contribution in [0, 0.1) is 0 Å². The zero-order chi connectivity index (χ0) is 10.6. The molecule has 0 unspecified atom stereocenters. The lowest BCUT2D eigenvalue weighted by atomic mass is 10.3. The fourth-order valence-corrected chi connectivity index (χ4v) is 2.53. The van der Waals surface area contributed by atoms with Gasteiger partial charge in [-0.1, -0.05) is 12.2 Å². The Morgan fingerprint density at radius 2 is 2.43 bits per heavy atom. The van der Waals surface area contributed by atoms with Crippen LogP contribution in [0.25, 0.3) is 0 Å². The van der Waals surface area contributed by atoms with Gasteiger partial charge in [0.25, 0.3) is 0 Å². The Hall–Kier alpha value is 0.230. The molecule has 14 heavy (non-hydrogen) atoms. The van der Waals surface area contributed by atoms with Crippen LogP contribution >= 0.6 is 39.9 Å². The van der Waals surface area contributed by atoms with Gasteiger partial charge in [0, 0.05) is 18.8 Å². The van der Waals surface area contributed by atoms with Gasteiger partial charge in [-0.25, -0.2) is 0 Å². The predicted octanol–water partition coefficient (Wildman–Crippen LogP) is 3.43. The molecule has 0 aliphatic rings. The van der Waals surface area contributed by atoms with Gasteiger partial charge in [-0.05, 0) is 40.0 Å². The van der Waals surface area contributed by atoms with Crippen LogP contribution in [0.4, 0.5) is 0 Å². The minimum absolute atomic E-state index is 0.762. The van der Waals surface area contributed by atoms with Crippen LogP contribution in [0.15, 0.2) is 27.4 Å². The fraction of sp³-hybridized carbons (Fsp3) is 0.400. The van der Waals surface area contributed by atoms with E-state index in [9.17, 15) is 0 Å². The second-order valence-electron chi connectivity index (χ2n) is 3.34. The highest BCUT2D eigenvalue weighted by Gasteiger charge is 2.03. The Kier molecular flexibility index (Phi) is 5.23. The van der Waals surface area contributed by atoms with Gasteiger partial charge < -0.3 is 0 Å². The molecule has 0 saturated heterocycles. The van der Waals surface area contributed by atoms with E-state index < -0.39 is 0 Å². The average Bonchev–Trinajstić information content (AvgIpc) is 2.50. The Bertz CT molecular complexity index is 309. The van der Waals surface area contributed by atoms with Gasteiger partial charge in [0.15, 0.2) is 0 Å². The third-order valence-electron chi connectivity index (χ3n) is 1.79. The number of halogens is 1. The Morgan fingerprint density at radius 1 is 1.71 bits per heavy atom. The van der Waals surface area contributed by atoms with Crippen molar-refractivity contribution in [2.75, 3.05) is 19.3 Å². The van der Waals surface area contributed by atoms with Gasteiger partial charge in [0.05, 0.1) is 3.79 Å². The lowest BCUT2D eigenvalue weighted by Gasteiger charge is -2.16. The zero-order valence-electron chi connectivity index (χ0n) is 8.16. The van der Waals surface area contributed by atoms with Gasteiger partial charge in [0.2, 0.25) is 0 Å². The minimum Gasteiger partial charge on any atom is -0.298 e. The molecule has 1 aromatic heterocycles. The van der Waals surface area contributed by atoms with Gasteiger partial charge >= 0.3 is 0 Å². The Balaban J connectivity index is 2.41. The molecule has 1 heterocycles. The SMILES string of the molecule is C=C(CS)CN(C)Cc1csc(Br)c1. The summed E-state index contributed by atoms with van der Waals surface area (Å²) in [4.78, 5) is 2.24. The van der Waals surface area contributed by atoms with Crippen LogP contribution in [0.1, 0.15) is 5.56 Å². The summed E-state index contributed by atoms with van der Waals surface area (Å²) in [7, 11) is 2.10. The molecule has 0 N–H and O–H groups in total. The summed E-state index contributed by atoms with van der Waals surface area (Å²) < 4.78 is 1.19. The molecule has 78 valence electrons. The molecule has 0 fully saturated rings. The molecule has 0 aliphatic carbocycles. The first-order valence-corrected chi connectivity index (χ1v) is 6.61. The molecule has 1 aromatic rings. The monoisotopic (exact) mass is 291 g/mol. The van der Waals surface area contributed by atoms with E-state index in [-0.39, 0.29) is 0 Å². The quantitative estimate of drug-likeness (QED) is 0.643. The summed E-state index contributed by atoms with van der Waals surface area (Å²) >= 11 is 9.37. The number of hydrogen-bond acceptors (Lipinski definition) is 3. The second-order valence-corrected chi connectivity index (χ2v) is 5.95. The lowest BCUT2D eigenvalue weighted by molar-refractivity contribution is 0.356. The standard InChI is InChI=1S/C10H14BrNS2/c1-8(6-13)4-12(2)5-9-3-10(11)14-7-9/h3,7,13H,1,4-6H2,2H3. The van der Waals surface area contributed by atoms with Crippen molar-refractivity contribution >= 4 is 39.9 Å².